The second-order valence-corrected chi connectivity index (χ2v) is 19.7. The first kappa shape index (κ1) is 53.6. The smallest absolute Gasteiger partial charge is 0.311 e. The zero-order valence-electron chi connectivity index (χ0n) is 41.2. The first-order valence-electron chi connectivity index (χ1n) is 22.9. The number of carbonyl (C=O) groups is 2. The molecule has 0 aromatic carbocycles. The Morgan fingerprint density at radius 2 is 1.65 bits per heavy atom. The Bertz CT molecular complexity index is 1550. The van der Waals surface area contributed by atoms with Gasteiger partial charge in [-0.3, -0.25) is 9.59 Å². The van der Waals surface area contributed by atoms with E-state index >= 15 is 0 Å². The van der Waals surface area contributed by atoms with Crippen molar-refractivity contribution in [3.63, 3.8) is 0 Å². The standard InChI is InChI=1S/C46H81N3O14/c1-18-34-45(11)39(62-46(12,54-17)63-45)30(6)49(15)25-26(2)23-43(9,52)38(61-42-37(55-21-19-20-47)33(48(13)14)22-27(3)56-42)28(4)36(29(5)41(51)59-34)60-35-24-44(10,53-16)40(31(7)57-35)58-32(8)50/h26-31,33-40,42,52H,18-19,21-25H2,1-17H3/t26-,27-,28?,29-,30-,31+,33+,34-,35+,36+,37-,38-,39-,40+,42+,43-,44-,45-,46?/m1/s1. The molecule has 1 N–H and O–H groups in total. The molecule has 4 saturated heterocycles. The van der Waals surface area contributed by atoms with Crippen molar-refractivity contribution in [3.8, 4) is 6.07 Å². The average Bonchev–Trinajstić information content (AvgIpc) is 3.49. The SMILES string of the molecule is CC[C@H]1OC(=O)[C@H](C)[C@@H](O[C@H]2C[C@@](C)(OC)[C@@H](OC(C)=O)[C@H](C)O2)C(C)[C@@H](O[C@@H]2O[C@H](C)C[C@H](N(C)C)[C@H]2OCCC#N)[C@](C)(O)C[C@@H](C)CN(C)[C@H](C)[C@H]2OC(C)(OC)O[C@@]21C. The van der Waals surface area contributed by atoms with E-state index in [1.165, 1.54) is 14.0 Å². The Balaban J connectivity index is 1.88. The summed E-state index contributed by atoms with van der Waals surface area (Å²) in [5, 5.41) is 22.4. The van der Waals surface area contributed by atoms with Crippen LogP contribution in [-0.2, 0) is 61.7 Å². The van der Waals surface area contributed by atoms with Crippen LogP contribution in [0.4, 0.5) is 0 Å². The van der Waals surface area contributed by atoms with E-state index < -0.39 is 102 Å². The van der Waals surface area contributed by atoms with Crippen molar-refractivity contribution in [2.24, 2.45) is 17.8 Å². The van der Waals surface area contributed by atoms with E-state index in [0.717, 1.165) is 0 Å². The summed E-state index contributed by atoms with van der Waals surface area (Å²) in [6.07, 6.45) is -5.95. The molecule has 4 aliphatic heterocycles. The average molecular weight is 900 g/mol. The third kappa shape index (κ3) is 12.3. The molecule has 19 atom stereocenters. The fraction of sp³-hybridized carbons (Fsp3) is 0.935. The topological polar surface area (TPSA) is 186 Å². The van der Waals surface area contributed by atoms with E-state index in [2.05, 4.69) is 22.8 Å². The van der Waals surface area contributed by atoms with Gasteiger partial charge < -0.3 is 67.0 Å². The minimum Gasteiger partial charge on any atom is -0.459 e. The Labute approximate surface area is 376 Å². The van der Waals surface area contributed by atoms with Crippen molar-refractivity contribution >= 4 is 11.9 Å². The predicted molar refractivity (Wildman–Crippen MR) is 231 cm³/mol. The van der Waals surface area contributed by atoms with E-state index in [1.807, 2.05) is 62.7 Å². The highest BCUT2D eigenvalue weighted by Crippen LogP contribution is 2.45. The van der Waals surface area contributed by atoms with Gasteiger partial charge in [-0.15, -0.1) is 0 Å². The summed E-state index contributed by atoms with van der Waals surface area (Å²) >= 11 is 0. The van der Waals surface area contributed by atoms with Gasteiger partial charge in [0.05, 0.1) is 55.0 Å². The van der Waals surface area contributed by atoms with Crippen LogP contribution in [0.2, 0.25) is 0 Å². The molecule has 4 fully saturated rings. The third-order valence-corrected chi connectivity index (χ3v) is 14.0. The molecule has 0 amide bonds. The second kappa shape index (κ2) is 21.7. The van der Waals surface area contributed by atoms with Gasteiger partial charge in [-0.25, -0.2) is 0 Å². The van der Waals surface area contributed by atoms with Crippen LogP contribution in [0, 0.1) is 29.1 Å². The zero-order chi connectivity index (χ0) is 47.4. The monoisotopic (exact) mass is 900 g/mol. The lowest BCUT2D eigenvalue weighted by Gasteiger charge is -2.49. The van der Waals surface area contributed by atoms with E-state index in [0.29, 0.717) is 19.4 Å². The summed E-state index contributed by atoms with van der Waals surface area (Å²) in [4.78, 5) is 31.3. The number of fused-ring (bicyclic) bond motifs is 1. The van der Waals surface area contributed by atoms with Crippen LogP contribution in [0.15, 0.2) is 0 Å². The van der Waals surface area contributed by atoms with Crippen molar-refractivity contribution < 1.29 is 66.8 Å². The molecule has 0 spiro atoms. The molecule has 0 aliphatic carbocycles. The highest BCUT2D eigenvalue weighted by Gasteiger charge is 2.61. The number of hydrogen-bond acceptors (Lipinski definition) is 17. The number of nitrogens with zero attached hydrogens (tertiary/aromatic N) is 3. The van der Waals surface area contributed by atoms with Gasteiger partial charge in [0.1, 0.15) is 29.5 Å². The van der Waals surface area contributed by atoms with E-state index in [-0.39, 0.29) is 50.0 Å². The van der Waals surface area contributed by atoms with Gasteiger partial charge in [0.25, 0.3) is 5.97 Å². The first-order valence-corrected chi connectivity index (χ1v) is 22.9. The predicted octanol–water partition coefficient (Wildman–Crippen LogP) is 4.79. The number of methoxy groups -OCH3 is 2. The van der Waals surface area contributed by atoms with Crippen LogP contribution in [0.25, 0.3) is 0 Å². The number of rotatable bonds is 12. The molecule has 0 radical (unpaired) electrons. The number of carbonyl (C=O) groups excluding carboxylic acids is 2. The molecular formula is C46H81N3O14. The maximum absolute atomic E-state index is 14.9. The van der Waals surface area contributed by atoms with E-state index in [1.54, 1.807) is 34.8 Å². The highest BCUT2D eigenvalue weighted by atomic mass is 16.9. The molecule has 364 valence electrons. The maximum Gasteiger partial charge on any atom is 0.311 e. The normalized spacial score (nSPS) is 46.0. The molecule has 17 nitrogen and oxygen atoms in total. The Hall–Kier alpha value is -2.05. The number of hydrogen-bond donors (Lipinski definition) is 1. The van der Waals surface area contributed by atoms with E-state index in [9.17, 15) is 20.0 Å². The van der Waals surface area contributed by atoms with E-state index in [4.69, 9.17) is 52.1 Å². The van der Waals surface area contributed by atoms with Gasteiger partial charge in [0, 0.05) is 59.0 Å². The number of cyclic esters (lactones) is 1. The summed E-state index contributed by atoms with van der Waals surface area (Å²) in [5.41, 5.74) is -3.71. The van der Waals surface area contributed by atoms with Gasteiger partial charge in [-0.1, -0.05) is 20.8 Å². The summed E-state index contributed by atoms with van der Waals surface area (Å²) in [6.45, 7) is 22.7. The number of nitriles is 1. The lowest BCUT2D eigenvalue weighted by atomic mass is 9.77. The molecule has 63 heavy (non-hydrogen) atoms. The summed E-state index contributed by atoms with van der Waals surface area (Å²) in [5.74, 6) is -4.25. The van der Waals surface area contributed by atoms with Gasteiger partial charge in [0.2, 0.25) is 0 Å². The van der Waals surface area contributed by atoms with Crippen molar-refractivity contribution in [1.29, 1.82) is 5.26 Å². The molecule has 4 rings (SSSR count). The van der Waals surface area contributed by atoms with Gasteiger partial charge >= 0.3 is 11.9 Å². The quantitative estimate of drug-likeness (QED) is 0.208. The number of aliphatic hydroxyl groups is 1. The molecule has 4 heterocycles. The molecule has 0 aromatic heterocycles. The second-order valence-electron chi connectivity index (χ2n) is 19.7. The molecule has 2 unspecified atom stereocenters. The molecular weight excluding hydrogens is 819 g/mol. The number of likely N-dealkylation sites (N-methyl/N-ethyl adjacent to an activating group) is 2. The minimum absolute atomic E-state index is 0.0959. The van der Waals surface area contributed by atoms with Crippen molar-refractivity contribution in [3.05, 3.63) is 0 Å². The fourth-order valence-electron chi connectivity index (χ4n) is 10.6. The zero-order valence-corrected chi connectivity index (χ0v) is 41.2. The van der Waals surface area contributed by atoms with Crippen LogP contribution in [-0.4, -0.2) is 172 Å². The molecule has 0 aromatic rings. The number of esters is 2. The van der Waals surface area contributed by atoms with Gasteiger partial charge in [0.15, 0.2) is 18.7 Å². The minimum atomic E-state index is -1.55. The van der Waals surface area contributed by atoms with Crippen LogP contribution in [0.1, 0.15) is 115 Å². The lowest BCUT2D eigenvalue weighted by molar-refractivity contribution is -0.332. The highest BCUT2D eigenvalue weighted by molar-refractivity contribution is 5.73. The van der Waals surface area contributed by atoms with Crippen LogP contribution in [0.3, 0.4) is 0 Å². The summed E-state index contributed by atoms with van der Waals surface area (Å²) in [6, 6.07) is 1.77. The molecule has 4 aliphatic rings. The molecule has 0 saturated carbocycles. The Kier molecular flexibility index (Phi) is 18.5. The largest absolute Gasteiger partial charge is 0.459 e. The van der Waals surface area contributed by atoms with Gasteiger partial charge in [-0.05, 0) is 94.8 Å². The molecule has 0 bridgehead atoms. The van der Waals surface area contributed by atoms with Crippen LogP contribution < -0.4 is 0 Å². The van der Waals surface area contributed by atoms with Crippen LogP contribution >= 0.6 is 0 Å². The summed E-state index contributed by atoms with van der Waals surface area (Å²) in [7, 11) is 9.00. The van der Waals surface area contributed by atoms with Crippen molar-refractivity contribution in [2.75, 3.05) is 48.5 Å². The van der Waals surface area contributed by atoms with Gasteiger partial charge in [-0.2, -0.15) is 5.26 Å². The Morgan fingerprint density at radius 3 is 2.22 bits per heavy atom. The van der Waals surface area contributed by atoms with Crippen molar-refractivity contribution in [2.45, 2.75) is 211 Å². The van der Waals surface area contributed by atoms with Crippen LogP contribution in [0.5, 0.6) is 0 Å². The summed E-state index contributed by atoms with van der Waals surface area (Å²) < 4.78 is 70.6. The maximum atomic E-state index is 14.9. The number of ether oxygens (including phenoxy) is 11. The Morgan fingerprint density at radius 1 is 0.984 bits per heavy atom. The van der Waals surface area contributed by atoms with Crippen molar-refractivity contribution in [1.82, 2.24) is 9.80 Å². The lowest BCUT2D eigenvalue weighted by Crippen LogP contribution is -2.61. The fourth-order valence-corrected chi connectivity index (χ4v) is 10.6. The third-order valence-electron chi connectivity index (χ3n) is 14.0. The first-order chi connectivity index (χ1) is 29.3. The molecule has 17 heteroatoms.